The van der Waals surface area contributed by atoms with E-state index in [9.17, 15) is 4.39 Å². The fraction of sp³-hybridized carbons (Fsp3) is 0.500. The molecule has 96 valence electrons. The molecule has 0 radical (unpaired) electrons. The van der Waals surface area contributed by atoms with Crippen LogP contribution in [0.25, 0.3) is 11.0 Å². The standard InChI is InChI=1S/C14H18FN3/c1-9-2-3-10(6-9)8-18-13-7-11(15)4-5-12(13)17-14(18)16/h4-5,7,9-10H,2-3,6,8H2,1H3,(H2,16,17). The van der Waals surface area contributed by atoms with E-state index in [0.717, 1.165) is 23.5 Å². The van der Waals surface area contributed by atoms with Gasteiger partial charge in [-0.25, -0.2) is 9.37 Å². The highest BCUT2D eigenvalue weighted by atomic mass is 19.1. The molecule has 0 aliphatic heterocycles. The van der Waals surface area contributed by atoms with Crippen LogP contribution in [0.5, 0.6) is 0 Å². The van der Waals surface area contributed by atoms with Gasteiger partial charge in [-0.2, -0.15) is 0 Å². The summed E-state index contributed by atoms with van der Waals surface area (Å²) in [7, 11) is 0. The highest BCUT2D eigenvalue weighted by Crippen LogP contribution is 2.33. The lowest BCUT2D eigenvalue weighted by Crippen LogP contribution is -2.10. The molecule has 1 aliphatic carbocycles. The Morgan fingerprint density at radius 2 is 2.28 bits per heavy atom. The van der Waals surface area contributed by atoms with Gasteiger partial charge in [-0.3, -0.25) is 0 Å². The van der Waals surface area contributed by atoms with Gasteiger partial charge in [0.05, 0.1) is 11.0 Å². The van der Waals surface area contributed by atoms with E-state index in [1.807, 2.05) is 4.57 Å². The summed E-state index contributed by atoms with van der Waals surface area (Å²) >= 11 is 0. The Morgan fingerprint density at radius 3 is 3.00 bits per heavy atom. The molecule has 3 rings (SSSR count). The average Bonchev–Trinajstić information content (AvgIpc) is 2.86. The molecule has 18 heavy (non-hydrogen) atoms. The molecule has 0 amide bonds. The zero-order valence-electron chi connectivity index (χ0n) is 10.6. The minimum Gasteiger partial charge on any atom is -0.369 e. The van der Waals surface area contributed by atoms with Crippen molar-refractivity contribution in [3.8, 4) is 0 Å². The van der Waals surface area contributed by atoms with Crippen molar-refractivity contribution in [3.05, 3.63) is 24.0 Å². The van der Waals surface area contributed by atoms with E-state index in [1.54, 1.807) is 6.07 Å². The third-order valence-electron chi connectivity index (χ3n) is 3.98. The van der Waals surface area contributed by atoms with Gasteiger partial charge in [0.25, 0.3) is 0 Å². The lowest BCUT2D eigenvalue weighted by atomic mass is 10.1. The molecule has 2 aromatic rings. The van der Waals surface area contributed by atoms with E-state index in [-0.39, 0.29) is 5.82 Å². The number of hydrogen-bond donors (Lipinski definition) is 1. The molecule has 2 atom stereocenters. The third-order valence-corrected chi connectivity index (χ3v) is 3.98. The Bertz CT molecular complexity index is 576. The number of halogens is 1. The fourth-order valence-corrected chi connectivity index (χ4v) is 3.06. The summed E-state index contributed by atoms with van der Waals surface area (Å²) in [5, 5.41) is 0. The minimum absolute atomic E-state index is 0.233. The molecule has 1 heterocycles. The molecule has 2 N–H and O–H groups in total. The van der Waals surface area contributed by atoms with Crippen LogP contribution < -0.4 is 5.73 Å². The van der Waals surface area contributed by atoms with Crippen molar-refractivity contribution in [2.75, 3.05) is 5.73 Å². The number of imidazole rings is 1. The Labute approximate surface area is 106 Å². The maximum atomic E-state index is 13.3. The van der Waals surface area contributed by atoms with E-state index in [2.05, 4.69) is 11.9 Å². The Balaban J connectivity index is 1.95. The minimum atomic E-state index is -0.233. The maximum absolute atomic E-state index is 13.3. The molecule has 0 bridgehead atoms. The fourth-order valence-electron chi connectivity index (χ4n) is 3.06. The molecule has 1 aromatic heterocycles. The van der Waals surface area contributed by atoms with Crippen LogP contribution in [0.1, 0.15) is 26.2 Å². The quantitative estimate of drug-likeness (QED) is 0.885. The highest BCUT2D eigenvalue weighted by Gasteiger charge is 2.23. The number of hydrogen-bond acceptors (Lipinski definition) is 2. The van der Waals surface area contributed by atoms with Crippen LogP contribution in [0, 0.1) is 17.7 Å². The van der Waals surface area contributed by atoms with Gasteiger partial charge in [0, 0.05) is 6.54 Å². The second kappa shape index (κ2) is 4.26. The zero-order chi connectivity index (χ0) is 12.7. The van der Waals surface area contributed by atoms with Gasteiger partial charge in [0.1, 0.15) is 5.82 Å². The number of nitrogens with zero attached hydrogens (tertiary/aromatic N) is 2. The number of anilines is 1. The van der Waals surface area contributed by atoms with Crippen LogP contribution in [0.15, 0.2) is 18.2 Å². The zero-order valence-corrected chi connectivity index (χ0v) is 10.6. The SMILES string of the molecule is CC1CCC(Cn2c(N)nc3ccc(F)cc32)C1. The van der Waals surface area contributed by atoms with Crippen molar-refractivity contribution in [3.63, 3.8) is 0 Å². The summed E-state index contributed by atoms with van der Waals surface area (Å²) in [6.07, 6.45) is 3.75. The molecule has 1 aromatic carbocycles. The summed E-state index contributed by atoms with van der Waals surface area (Å²) in [6, 6.07) is 4.64. The number of aromatic nitrogens is 2. The molecule has 1 fully saturated rings. The molecule has 1 aliphatic rings. The lowest BCUT2D eigenvalue weighted by molar-refractivity contribution is 0.450. The van der Waals surface area contributed by atoms with Gasteiger partial charge in [-0.05, 0) is 42.9 Å². The largest absolute Gasteiger partial charge is 0.369 e. The van der Waals surface area contributed by atoms with Crippen LogP contribution in [0.3, 0.4) is 0 Å². The first-order valence-electron chi connectivity index (χ1n) is 6.54. The van der Waals surface area contributed by atoms with Gasteiger partial charge < -0.3 is 10.3 Å². The molecule has 0 saturated heterocycles. The van der Waals surface area contributed by atoms with Crippen LogP contribution in [0.4, 0.5) is 10.3 Å². The summed E-state index contributed by atoms with van der Waals surface area (Å²) in [5.41, 5.74) is 7.54. The van der Waals surface area contributed by atoms with Crippen LogP contribution in [-0.4, -0.2) is 9.55 Å². The third kappa shape index (κ3) is 1.96. The summed E-state index contributed by atoms with van der Waals surface area (Å²) in [4.78, 5) is 4.29. The van der Waals surface area contributed by atoms with Crippen molar-refractivity contribution in [2.45, 2.75) is 32.7 Å². The molecule has 4 heteroatoms. The van der Waals surface area contributed by atoms with Crippen LogP contribution >= 0.6 is 0 Å². The monoisotopic (exact) mass is 247 g/mol. The number of benzene rings is 1. The number of nitrogens with two attached hydrogens (primary N) is 1. The van der Waals surface area contributed by atoms with Crippen molar-refractivity contribution in [1.29, 1.82) is 0 Å². The second-order valence-corrected chi connectivity index (χ2v) is 5.50. The van der Waals surface area contributed by atoms with Gasteiger partial charge in [0.2, 0.25) is 5.95 Å². The van der Waals surface area contributed by atoms with Gasteiger partial charge in [-0.15, -0.1) is 0 Å². The predicted octanol–water partition coefficient (Wildman–Crippen LogP) is 3.19. The van der Waals surface area contributed by atoms with Gasteiger partial charge >= 0.3 is 0 Å². The summed E-state index contributed by atoms with van der Waals surface area (Å²) in [6.45, 7) is 3.14. The average molecular weight is 247 g/mol. The summed E-state index contributed by atoms with van der Waals surface area (Å²) in [5.74, 6) is 1.70. The van der Waals surface area contributed by atoms with Crippen molar-refractivity contribution >= 4 is 17.0 Å². The van der Waals surface area contributed by atoms with Gasteiger partial charge in [0.15, 0.2) is 0 Å². The maximum Gasteiger partial charge on any atom is 0.201 e. The summed E-state index contributed by atoms with van der Waals surface area (Å²) < 4.78 is 15.3. The van der Waals surface area contributed by atoms with E-state index in [4.69, 9.17) is 5.73 Å². The molecule has 2 unspecified atom stereocenters. The molecular weight excluding hydrogens is 229 g/mol. The first-order chi connectivity index (χ1) is 8.63. The van der Waals surface area contributed by atoms with Crippen LogP contribution in [0.2, 0.25) is 0 Å². The van der Waals surface area contributed by atoms with E-state index >= 15 is 0 Å². The molecule has 3 nitrogen and oxygen atoms in total. The van der Waals surface area contributed by atoms with Gasteiger partial charge in [-0.1, -0.05) is 13.3 Å². The van der Waals surface area contributed by atoms with Crippen molar-refractivity contribution in [2.24, 2.45) is 11.8 Å². The number of rotatable bonds is 2. The first kappa shape index (κ1) is 11.5. The van der Waals surface area contributed by atoms with Crippen LogP contribution in [-0.2, 0) is 6.54 Å². The Kier molecular flexibility index (Phi) is 2.73. The number of fused-ring (bicyclic) bond motifs is 1. The van der Waals surface area contributed by atoms with Crippen molar-refractivity contribution < 1.29 is 4.39 Å². The normalized spacial score (nSPS) is 23.9. The van der Waals surface area contributed by atoms with E-state index < -0.39 is 0 Å². The molecule has 0 spiro atoms. The highest BCUT2D eigenvalue weighted by molar-refractivity contribution is 5.78. The predicted molar refractivity (Wildman–Crippen MR) is 70.6 cm³/mol. The Morgan fingerprint density at radius 1 is 1.44 bits per heavy atom. The molecular formula is C14H18FN3. The van der Waals surface area contributed by atoms with E-state index in [0.29, 0.717) is 11.9 Å². The second-order valence-electron chi connectivity index (χ2n) is 5.50. The first-order valence-corrected chi connectivity index (χ1v) is 6.54. The topological polar surface area (TPSA) is 43.8 Å². The van der Waals surface area contributed by atoms with E-state index in [1.165, 1.54) is 31.4 Å². The van der Waals surface area contributed by atoms with Crippen molar-refractivity contribution in [1.82, 2.24) is 9.55 Å². The lowest BCUT2D eigenvalue weighted by Gasteiger charge is -2.12. The Hall–Kier alpha value is -1.58. The molecule has 1 saturated carbocycles. The number of nitrogen functional groups attached to an aromatic ring is 1. The smallest absolute Gasteiger partial charge is 0.201 e.